The first-order valence-corrected chi connectivity index (χ1v) is 5.57. The number of nitrogens with one attached hydrogen (secondary N) is 1. The Labute approximate surface area is 100.0 Å². The summed E-state index contributed by atoms with van der Waals surface area (Å²) in [6, 6.07) is 5.89. The summed E-state index contributed by atoms with van der Waals surface area (Å²) < 4.78 is 18.0. The molecule has 1 aromatic rings. The lowest BCUT2D eigenvalue weighted by atomic mass is 10.3. The van der Waals surface area contributed by atoms with Gasteiger partial charge in [-0.2, -0.15) is 0 Å². The molecule has 0 saturated carbocycles. The van der Waals surface area contributed by atoms with Crippen LogP contribution in [-0.2, 0) is 4.79 Å². The Morgan fingerprint density at radius 3 is 2.65 bits per heavy atom. The zero-order valence-electron chi connectivity index (χ0n) is 9.62. The summed E-state index contributed by atoms with van der Waals surface area (Å²) in [4.78, 5) is 10.8. The maximum Gasteiger partial charge on any atom is 0.233 e. The number of carbonyl (C=O) groups excluding carboxylic acids is 1. The highest BCUT2D eigenvalue weighted by Crippen LogP contribution is 2.11. The predicted molar refractivity (Wildman–Crippen MR) is 63.2 cm³/mol. The number of unbranched alkanes of at least 4 members (excludes halogenated alkanes) is 1. The average Bonchev–Trinajstić information content (AvgIpc) is 2.35. The van der Waals surface area contributed by atoms with Crippen LogP contribution in [0.25, 0.3) is 0 Å². The molecule has 0 atom stereocenters. The minimum atomic E-state index is -0.276. The van der Waals surface area contributed by atoms with E-state index in [1.807, 2.05) is 0 Å². The van der Waals surface area contributed by atoms with Crippen molar-refractivity contribution >= 4 is 5.91 Å². The number of amides is 1. The smallest absolute Gasteiger partial charge is 0.233 e. The summed E-state index contributed by atoms with van der Waals surface area (Å²) in [6.07, 6.45) is 1.65. The second-order valence-electron chi connectivity index (χ2n) is 3.56. The molecule has 0 saturated heterocycles. The van der Waals surface area contributed by atoms with Crippen molar-refractivity contribution in [2.75, 3.05) is 19.7 Å². The van der Waals surface area contributed by atoms with E-state index in [-0.39, 0.29) is 18.3 Å². The summed E-state index contributed by atoms with van der Waals surface area (Å²) in [5.41, 5.74) is 5.13. The third kappa shape index (κ3) is 5.87. The predicted octanol–water partition coefficient (Wildman–Crippen LogP) is 1.06. The van der Waals surface area contributed by atoms with Gasteiger partial charge in [0, 0.05) is 6.54 Å². The van der Waals surface area contributed by atoms with Gasteiger partial charge in [0.15, 0.2) is 0 Å². The van der Waals surface area contributed by atoms with E-state index in [0.717, 1.165) is 12.8 Å². The van der Waals surface area contributed by atoms with Crippen LogP contribution in [0.3, 0.4) is 0 Å². The molecule has 0 radical (unpaired) electrons. The quantitative estimate of drug-likeness (QED) is 0.700. The summed E-state index contributed by atoms with van der Waals surface area (Å²) in [7, 11) is 0. The maximum absolute atomic E-state index is 12.6. The van der Waals surface area contributed by atoms with Gasteiger partial charge in [0.2, 0.25) is 5.91 Å². The maximum atomic E-state index is 12.6. The molecule has 3 N–H and O–H groups in total. The third-order valence-corrected chi connectivity index (χ3v) is 2.16. The molecule has 1 amide bonds. The summed E-state index contributed by atoms with van der Waals surface area (Å²) >= 11 is 0. The molecule has 1 aromatic carbocycles. The minimum absolute atomic E-state index is 0.0199. The van der Waals surface area contributed by atoms with E-state index in [1.54, 1.807) is 12.1 Å². The zero-order valence-corrected chi connectivity index (χ0v) is 9.62. The number of carbonyl (C=O) groups is 1. The molecule has 1 rings (SSSR count). The van der Waals surface area contributed by atoms with Crippen molar-refractivity contribution in [1.29, 1.82) is 0 Å². The Morgan fingerprint density at radius 1 is 1.29 bits per heavy atom. The van der Waals surface area contributed by atoms with Crippen LogP contribution in [0.5, 0.6) is 5.75 Å². The molecule has 17 heavy (non-hydrogen) atoms. The molecule has 5 heteroatoms. The largest absolute Gasteiger partial charge is 0.494 e. The van der Waals surface area contributed by atoms with Crippen LogP contribution >= 0.6 is 0 Å². The van der Waals surface area contributed by atoms with Crippen LogP contribution in [0.15, 0.2) is 24.3 Å². The zero-order chi connectivity index (χ0) is 12.5. The molecule has 0 bridgehead atoms. The van der Waals surface area contributed by atoms with Gasteiger partial charge >= 0.3 is 0 Å². The molecule has 0 aliphatic carbocycles. The van der Waals surface area contributed by atoms with E-state index in [2.05, 4.69) is 5.32 Å². The number of hydrogen-bond acceptors (Lipinski definition) is 3. The first-order valence-electron chi connectivity index (χ1n) is 5.57. The summed E-state index contributed by atoms with van der Waals surface area (Å²) in [5.74, 6) is 0.226. The highest BCUT2D eigenvalue weighted by Gasteiger charge is 1.97. The molecule has 0 heterocycles. The molecule has 0 fully saturated rings. The Hall–Kier alpha value is -1.62. The summed E-state index contributed by atoms with van der Waals surface area (Å²) in [6.45, 7) is 1.17. The van der Waals surface area contributed by atoms with Crippen molar-refractivity contribution in [2.45, 2.75) is 12.8 Å². The fraction of sp³-hybridized carbons (Fsp3) is 0.417. The molecule has 0 aliphatic rings. The van der Waals surface area contributed by atoms with Gasteiger partial charge in [-0.25, -0.2) is 4.39 Å². The normalized spacial score (nSPS) is 10.0. The van der Waals surface area contributed by atoms with E-state index in [0.29, 0.717) is 18.9 Å². The fourth-order valence-electron chi connectivity index (χ4n) is 1.25. The van der Waals surface area contributed by atoms with Crippen LogP contribution in [0.2, 0.25) is 0 Å². The van der Waals surface area contributed by atoms with Crippen molar-refractivity contribution in [3.05, 3.63) is 30.1 Å². The van der Waals surface area contributed by atoms with Crippen molar-refractivity contribution in [3.63, 3.8) is 0 Å². The van der Waals surface area contributed by atoms with Crippen LogP contribution in [0, 0.1) is 5.82 Å². The van der Waals surface area contributed by atoms with Crippen molar-refractivity contribution in [2.24, 2.45) is 5.73 Å². The molecule has 0 spiro atoms. The molecular weight excluding hydrogens is 223 g/mol. The summed E-state index contributed by atoms with van der Waals surface area (Å²) in [5, 5.41) is 2.67. The Kier molecular flexibility index (Phi) is 6.03. The van der Waals surface area contributed by atoms with Crippen LogP contribution in [0.1, 0.15) is 12.8 Å². The lowest BCUT2D eigenvalue weighted by Gasteiger charge is -2.06. The van der Waals surface area contributed by atoms with E-state index in [4.69, 9.17) is 10.5 Å². The number of halogens is 1. The molecular formula is C12H17FN2O2. The van der Waals surface area contributed by atoms with Gasteiger partial charge in [0.05, 0.1) is 13.2 Å². The fourth-order valence-corrected chi connectivity index (χ4v) is 1.25. The van der Waals surface area contributed by atoms with E-state index in [9.17, 15) is 9.18 Å². The first kappa shape index (κ1) is 13.4. The molecule has 94 valence electrons. The van der Waals surface area contributed by atoms with Gasteiger partial charge in [-0.15, -0.1) is 0 Å². The Balaban J connectivity index is 2.04. The van der Waals surface area contributed by atoms with E-state index < -0.39 is 0 Å². The van der Waals surface area contributed by atoms with Crippen molar-refractivity contribution < 1.29 is 13.9 Å². The molecule has 0 aliphatic heterocycles. The van der Waals surface area contributed by atoms with Crippen molar-refractivity contribution in [1.82, 2.24) is 5.32 Å². The van der Waals surface area contributed by atoms with E-state index >= 15 is 0 Å². The molecule has 4 nitrogen and oxygen atoms in total. The minimum Gasteiger partial charge on any atom is -0.494 e. The SMILES string of the molecule is NCC(=O)NCCCCOc1ccc(F)cc1. The average molecular weight is 240 g/mol. The van der Waals surface area contributed by atoms with Gasteiger partial charge in [0.1, 0.15) is 11.6 Å². The Morgan fingerprint density at radius 2 is 2.00 bits per heavy atom. The lowest BCUT2D eigenvalue weighted by molar-refractivity contribution is -0.119. The van der Waals surface area contributed by atoms with Gasteiger partial charge in [-0.1, -0.05) is 0 Å². The third-order valence-electron chi connectivity index (χ3n) is 2.16. The molecule has 0 unspecified atom stereocenters. The lowest BCUT2D eigenvalue weighted by Crippen LogP contribution is -2.31. The van der Waals surface area contributed by atoms with Crippen LogP contribution in [0.4, 0.5) is 4.39 Å². The second-order valence-corrected chi connectivity index (χ2v) is 3.56. The van der Waals surface area contributed by atoms with Gasteiger partial charge in [0.25, 0.3) is 0 Å². The number of benzene rings is 1. The number of ether oxygens (including phenoxy) is 1. The number of hydrogen-bond donors (Lipinski definition) is 2. The molecule has 0 aromatic heterocycles. The highest BCUT2D eigenvalue weighted by atomic mass is 19.1. The van der Waals surface area contributed by atoms with Gasteiger partial charge < -0.3 is 15.8 Å². The first-order chi connectivity index (χ1) is 8.22. The highest BCUT2D eigenvalue weighted by molar-refractivity contribution is 5.77. The monoisotopic (exact) mass is 240 g/mol. The Bertz CT molecular complexity index is 341. The van der Waals surface area contributed by atoms with E-state index in [1.165, 1.54) is 12.1 Å². The van der Waals surface area contributed by atoms with Gasteiger partial charge in [-0.05, 0) is 37.1 Å². The van der Waals surface area contributed by atoms with Crippen molar-refractivity contribution in [3.8, 4) is 5.75 Å². The standard InChI is InChI=1S/C12H17FN2O2/c13-10-3-5-11(6-4-10)17-8-2-1-7-15-12(16)9-14/h3-6H,1-2,7-9,14H2,(H,15,16). The number of nitrogens with two attached hydrogens (primary N) is 1. The van der Waals surface area contributed by atoms with Crippen LogP contribution in [-0.4, -0.2) is 25.6 Å². The topological polar surface area (TPSA) is 64.4 Å². The van der Waals surface area contributed by atoms with Crippen LogP contribution < -0.4 is 15.8 Å². The van der Waals surface area contributed by atoms with Gasteiger partial charge in [-0.3, -0.25) is 4.79 Å². The number of rotatable bonds is 7. The second kappa shape index (κ2) is 7.62.